The fourth-order valence-electron chi connectivity index (χ4n) is 1.11. The van der Waals surface area contributed by atoms with Crippen LogP contribution in [0, 0.1) is 0 Å². The van der Waals surface area contributed by atoms with Crippen LogP contribution in [0.1, 0.15) is 12.5 Å². The minimum absolute atomic E-state index is 0. The van der Waals surface area contributed by atoms with Gasteiger partial charge in [-0.05, 0) is 19.4 Å². The molecular weight excluding hydrogens is 188 g/mol. The average molecular weight is 203 g/mol. The molecule has 0 spiro atoms. The standard InChI is InChI=1S/C9H14N2O.ClH/c1-7(10)5-8-6-11-4-3-9(8)12-2;/h3-4,6-7H,5,10H2,1-2H3;1H. The monoisotopic (exact) mass is 202 g/mol. The number of nitrogens with two attached hydrogens (primary N) is 1. The molecule has 0 bridgehead atoms. The quantitative estimate of drug-likeness (QED) is 0.806. The average Bonchev–Trinajstić information content (AvgIpc) is 2.04. The number of methoxy groups -OCH3 is 1. The highest BCUT2D eigenvalue weighted by Crippen LogP contribution is 2.16. The lowest BCUT2D eigenvalue weighted by molar-refractivity contribution is 0.407. The fourth-order valence-corrected chi connectivity index (χ4v) is 1.11. The van der Waals surface area contributed by atoms with Crippen molar-refractivity contribution in [1.29, 1.82) is 0 Å². The van der Waals surface area contributed by atoms with E-state index >= 15 is 0 Å². The molecule has 1 heterocycles. The summed E-state index contributed by atoms with van der Waals surface area (Å²) in [6.45, 7) is 1.96. The Bertz CT molecular complexity index is 253. The van der Waals surface area contributed by atoms with Gasteiger partial charge in [0, 0.05) is 24.0 Å². The van der Waals surface area contributed by atoms with Gasteiger partial charge in [0.25, 0.3) is 0 Å². The number of nitrogens with zero attached hydrogens (tertiary/aromatic N) is 1. The van der Waals surface area contributed by atoms with Gasteiger partial charge in [-0.1, -0.05) is 0 Å². The molecule has 3 nitrogen and oxygen atoms in total. The van der Waals surface area contributed by atoms with E-state index in [9.17, 15) is 0 Å². The molecule has 4 heteroatoms. The highest BCUT2D eigenvalue weighted by Gasteiger charge is 2.03. The van der Waals surface area contributed by atoms with Crippen LogP contribution in [0.3, 0.4) is 0 Å². The van der Waals surface area contributed by atoms with E-state index in [1.165, 1.54) is 0 Å². The second-order valence-corrected chi connectivity index (χ2v) is 2.87. The van der Waals surface area contributed by atoms with Crippen molar-refractivity contribution in [1.82, 2.24) is 4.98 Å². The number of hydrogen-bond donors (Lipinski definition) is 1. The number of aromatic nitrogens is 1. The first kappa shape index (κ1) is 12.2. The number of rotatable bonds is 3. The highest BCUT2D eigenvalue weighted by molar-refractivity contribution is 5.85. The largest absolute Gasteiger partial charge is 0.496 e. The molecular formula is C9H15ClN2O. The van der Waals surface area contributed by atoms with Crippen LogP contribution in [-0.2, 0) is 6.42 Å². The van der Waals surface area contributed by atoms with Crippen molar-refractivity contribution in [2.45, 2.75) is 19.4 Å². The normalized spacial score (nSPS) is 11.6. The molecule has 1 rings (SSSR count). The minimum atomic E-state index is 0. The van der Waals surface area contributed by atoms with E-state index in [0.717, 1.165) is 17.7 Å². The first-order valence-corrected chi connectivity index (χ1v) is 3.96. The second-order valence-electron chi connectivity index (χ2n) is 2.87. The molecule has 13 heavy (non-hydrogen) atoms. The Balaban J connectivity index is 0.00000144. The van der Waals surface area contributed by atoms with Gasteiger partial charge in [-0.15, -0.1) is 12.4 Å². The molecule has 74 valence electrons. The van der Waals surface area contributed by atoms with Crippen LogP contribution >= 0.6 is 12.4 Å². The molecule has 0 aliphatic rings. The highest BCUT2D eigenvalue weighted by atomic mass is 35.5. The molecule has 0 saturated carbocycles. The molecule has 2 N–H and O–H groups in total. The van der Waals surface area contributed by atoms with Gasteiger partial charge in [-0.3, -0.25) is 4.98 Å². The van der Waals surface area contributed by atoms with Gasteiger partial charge >= 0.3 is 0 Å². The Morgan fingerprint density at radius 3 is 2.85 bits per heavy atom. The third-order valence-corrected chi connectivity index (χ3v) is 1.62. The van der Waals surface area contributed by atoms with E-state index in [1.54, 1.807) is 19.5 Å². The summed E-state index contributed by atoms with van der Waals surface area (Å²) in [6, 6.07) is 1.99. The van der Waals surface area contributed by atoms with Crippen molar-refractivity contribution >= 4 is 12.4 Å². The Morgan fingerprint density at radius 1 is 1.62 bits per heavy atom. The van der Waals surface area contributed by atoms with E-state index in [-0.39, 0.29) is 18.4 Å². The van der Waals surface area contributed by atoms with Gasteiger partial charge in [0.1, 0.15) is 5.75 Å². The lowest BCUT2D eigenvalue weighted by Crippen LogP contribution is -2.18. The number of hydrogen-bond acceptors (Lipinski definition) is 3. The smallest absolute Gasteiger partial charge is 0.125 e. The number of pyridine rings is 1. The van der Waals surface area contributed by atoms with Crippen LogP contribution in [0.15, 0.2) is 18.5 Å². The summed E-state index contributed by atoms with van der Waals surface area (Å²) in [4.78, 5) is 4.01. The predicted molar refractivity (Wildman–Crippen MR) is 55.4 cm³/mol. The summed E-state index contributed by atoms with van der Waals surface area (Å²) in [5.74, 6) is 0.863. The van der Waals surface area contributed by atoms with Crippen LogP contribution < -0.4 is 10.5 Å². The van der Waals surface area contributed by atoms with Gasteiger partial charge in [0.05, 0.1) is 7.11 Å². The van der Waals surface area contributed by atoms with Crippen LogP contribution in [0.5, 0.6) is 5.75 Å². The zero-order chi connectivity index (χ0) is 8.97. The maximum atomic E-state index is 5.66. The summed E-state index contributed by atoms with van der Waals surface area (Å²) in [6.07, 6.45) is 4.31. The van der Waals surface area contributed by atoms with E-state index in [0.29, 0.717) is 0 Å². The van der Waals surface area contributed by atoms with Gasteiger partial charge in [0.15, 0.2) is 0 Å². The third kappa shape index (κ3) is 3.61. The maximum absolute atomic E-state index is 5.66. The lowest BCUT2D eigenvalue weighted by atomic mass is 10.1. The van der Waals surface area contributed by atoms with Gasteiger partial charge in [-0.2, -0.15) is 0 Å². The Kier molecular flexibility index (Phi) is 5.42. The molecule has 0 amide bonds. The van der Waals surface area contributed by atoms with E-state index in [1.807, 2.05) is 13.0 Å². The van der Waals surface area contributed by atoms with Crippen molar-refractivity contribution in [2.75, 3.05) is 7.11 Å². The maximum Gasteiger partial charge on any atom is 0.125 e. The van der Waals surface area contributed by atoms with Crippen LogP contribution in [0.2, 0.25) is 0 Å². The molecule has 1 aromatic heterocycles. The molecule has 0 aliphatic carbocycles. The van der Waals surface area contributed by atoms with Crippen molar-refractivity contribution in [3.63, 3.8) is 0 Å². The Labute approximate surface area is 84.7 Å². The van der Waals surface area contributed by atoms with E-state index in [2.05, 4.69) is 4.98 Å². The molecule has 0 aromatic carbocycles. The Morgan fingerprint density at radius 2 is 2.31 bits per heavy atom. The molecule has 1 aromatic rings. The molecule has 0 fully saturated rings. The molecule has 0 radical (unpaired) electrons. The van der Waals surface area contributed by atoms with Crippen molar-refractivity contribution < 1.29 is 4.74 Å². The Hall–Kier alpha value is -0.800. The predicted octanol–water partition coefficient (Wildman–Crippen LogP) is 1.40. The summed E-state index contributed by atoms with van der Waals surface area (Å²) < 4.78 is 5.15. The van der Waals surface area contributed by atoms with Gasteiger partial charge < -0.3 is 10.5 Å². The van der Waals surface area contributed by atoms with Gasteiger partial charge in [0.2, 0.25) is 0 Å². The number of ether oxygens (including phenoxy) is 1. The summed E-state index contributed by atoms with van der Waals surface area (Å²) in [5.41, 5.74) is 6.73. The summed E-state index contributed by atoms with van der Waals surface area (Å²) in [5, 5.41) is 0. The molecule has 0 saturated heterocycles. The van der Waals surface area contributed by atoms with Crippen molar-refractivity contribution in [2.24, 2.45) is 5.73 Å². The topological polar surface area (TPSA) is 48.1 Å². The lowest BCUT2D eigenvalue weighted by Gasteiger charge is -2.08. The second kappa shape index (κ2) is 5.78. The van der Waals surface area contributed by atoms with E-state index in [4.69, 9.17) is 10.5 Å². The SMILES string of the molecule is COc1ccncc1CC(C)N.Cl. The van der Waals surface area contributed by atoms with Crippen molar-refractivity contribution in [3.8, 4) is 5.75 Å². The first-order valence-electron chi connectivity index (χ1n) is 3.96. The first-order chi connectivity index (χ1) is 5.74. The van der Waals surface area contributed by atoms with Crippen LogP contribution in [0.25, 0.3) is 0 Å². The third-order valence-electron chi connectivity index (χ3n) is 1.62. The zero-order valence-electron chi connectivity index (χ0n) is 7.86. The number of halogens is 1. The minimum Gasteiger partial charge on any atom is -0.496 e. The van der Waals surface area contributed by atoms with Gasteiger partial charge in [-0.25, -0.2) is 0 Å². The van der Waals surface area contributed by atoms with Crippen molar-refractivity contribution in [3.05, 3.63) is 24.0 Å². The summed E-state index contributed by atoms with van der Waals surface area (Å²) in [7, 11) is 1.65. The zero-order valence-corrected chi connectivity index (χ0v) is 8.67. The van der Waals surface area contributed by atoms with Crippen LogP contribution in [0.4, 0.5) is 0 Å². The summed E-state index contributed by atoms with van der Waals surface area (Å²) >= 11 is 0. The van der Waals surface area contributed by atoms with Crippen LogP contribution in [-0.4, -0.2) is 18.1 Å². The van der Waals surface area contributed by atoms with E-state index < -0.39 is 0 Å². The molecule has 1 atom stereocenters. The molecule has 0 aliphatic heterocycles. The molecule has 1 unspecified atom stereocenters. The fraction of sp³-hybridized carbons (Fsp3) is 0.444.